The average Bonchev–Trinajstić information content (AvgIpc) is 3.27. The third kappa shape index (κ3) is 3.29. The van der Waals surface area contributed by atoms with E-state index in [-0.39, 0.29) is 0 Å². The van der Waals surface area contributed by atoms with Crippen LogP contribution < -0.4 is 4.90 Å². The summed E-state index contributed by atoms with van der Waals surface area (Å²) in [5.41, 5.74) is 3.97. The summed E-state index contributed by atoms with van der Waals surface area (Å²) in [7, 11) is 0. The Labute approximate surface area is 144 Å². The van der Waals surface area contributed by atoms with Gasteiger partial charge in [0, 0.05) is 49.7 Å². The molecule has 2 saturated heterocycles. The third-order valence-corrected chi connectivity index (χ3v) is 5.28. The van der Waals surface area contributed by atoms with E-state index in [1.165, 1.54) is 37.2 Å². The Hall–Kier alpha value is -1.94. The molecule has 2 aliphatic rings. The number of aryl methyl sites for hydroxylation is 1. The Bertz CT molecular complexity index is 694. The number of para-hydroxylation sites is 1. The van der Waals surface area contributed by atoms with Crippen molar-refractivity contribution in [2.45, 2.75) is 38.6 Å². The molecule has 0 bridgehead atoms. The molecule has 3 heterocycles. The summed E-state index contributed by atoms with van der Waals surface area (Å²) >= 11 is 0. The quantitative estimate of drug-likeness (QED) is 0.864. The van der Waals surface area contributed by atoms with Crippen LogP contribution in [0.4, 0.5) is 5.69 Å². The van der Waals surface area contributed by atoms with E-state index in [1.54, 1.807) is 0 Å². The summed E-state index contributed by atoms with van der Waals surface area (Å²) in [4.78, 5) is 14.2. The number of hydrogen-bond donors (Lipinski definition) is 0. The number of likely N-dealkylation sites (tertiary alicyclic amines) is 1. The van der Waals surface area contributed by atoms with Gasteiger partial charge in [-0.15, -0.1) is 0 Å². The monoisotopic (exact) mass is 322 g/mol. The molecule has 1 aromatic carbocycles. The summed E-state index contributed by atoms with van der Waals surface area (Å²) in [6, 6.07) is 10.9. The smallest absolute Gasteiger partial charge is 0.132 e. The molecule has 0 spiro atoms. The van der Waals surface area contributed by atoms with Gasteiger partial charge in [0.2, 0.25) is 0 Å². The van der Waals surface area contributed by atoms with Crippen LogP contribution in [0.25, 0.3) is 0 Å². The van der Waals surface area contributed by atoms with Crippen molar-refractivity contribution >= 4 is 5.69 Å². The van der Waals surface area contributed by atoms with Gasteiger partial charge in [-0.3, -0.25) is 4.90 Å². The van der Waals surface area contributed by atoms with Gasteiger partial charge >= 0.3 is 0 Å². The highest BCUT2D eigenvalue weighted by atomic mass is 15.2. The molecule has 1 atom stereocenters. The molecule has 2 aliphatic heterocycles. The Morgan fingerprint density at radius 2 is 1.92 bits per heavy atom. The largest absolute Gasteiger partial charge is 0.371 e. The van der Waals surface area contributed by atoms with E-state index in [1.807, 2.05) is 19.2 Å². The number of benzene rings is 1. The van der Waals surface area contributed by atoms with Crippen LogP contribution >= 0.6 is 0 Å². The summed E-state index contributed by atoms with van der Waals surface area (Å²) in [5, 5.41) is 0. The Morgan fingerprint density at radius 3 is 2.75 bits per heavy atom. The fourth-order valence-electron chi connectivity index (χ4n) is 4.00. The summed E-state index contributed by atoms with van der Waals surface area (Å²) in [5.74, 6) is 1.49. The van der Waals surface area contributed by atoms with Gasteiger partial charge in [-0.1, -0.05) is 18.2 Å². The molecular weight excluding hydrogens is 296 g/mol. The van der Waals surface area contributed by atoms with Crippen molar-refractivity contribution in [3.8, 4) is 0 Å². The van der Waals surface area contributed by atoms with Crippen LogP contribution in [0.2, 0.25) is 0 Å². The molecule has 4 rings (SSSR count). The first kappa shape index (κ1) is 15.6. The molecule has 0 radical (unpaired) electrons. The van der Waals surface area contributed by atoms with E-state index < -0.39 is 0 Å². The van der Waals surface area contributed by atoms with Crippen molar-refractivity contribution in [1.29, 1.82) is 0 Å². The lowest BCUT2D eigenvalue weighted by molar-refractivity contribution is 0.326. The summed E-state index contributed by atoms with van der Waals surface area (Å²) in [6.07, 6.45) is 5.70. The van der Waals surface area contributed by atoms with E-state index in [0.717, 1.165) is 37.6 Å². The van der Waals surface area contributed by atoms with Crippen LogP contribution in [0.3, 0.4) is 0 Å². The maximum Gasteiger partial charge on any atom is 0.132 e. The Kier molecular flexibility index (Phi) is 4.48. The SMILES string of the molecule is Cc1ccnc(C2CCN(Cc3ccccc3N3CCCC3)C2)n1. The molecule has 4 nitrogen and oxygen atoms in total. The summed E-state index contributed by atoms with van der Waals surface area (Å²) in [6.45, 7) is 7.70. The van der Waals surface area contributed by atoms with E-state index in [9.17, 15) is 0 Å². The molecule has 1 aromatic heterocycles. The molecule has 2 fully saturated rings. The second-order valence-corrected chi connectivity index (χ2v) is 7.10. The highest BCUT2D eigenvalue weighted by molar-refractivity contribution is 5.54. The van der Waals surface area contributed by atoms with Crippen LogP contribution in [0.5, 0.6) is 0 Å². The van der Waals surface area contributed by atoms with Gasteiger partial charge in [0.15, 0.2) is 0 Å². The van der Waals surface area contributed by atoms with Gasteiger partial charge in [-0.25, -0.2) is 9.97 Å². The minimum Gasteiger partial charge on any atom is -0.371 e. The van der Waals surface area contributed by atoms with Gasteiger partial charge in [-0.2, -0.15) is 0 Å². The molecular formula is C20H26N4. The Balaban J connectivity index is 1.45. The van der Waals surface area contributed by atoms with Crippen molar-refractivity contribution in [2.24, 2.45) is 0 Å². The zero-order valence-corrected chi connectivity index (χ0v) is 14.5. The van der Waals surface area contributed by atoms with Crippen molar-refractivity contribution in [1.82, 2.24) is 14.9 Å². The fourth-order valence-corrected chi connectivity index (χ4v) is 4.00. The van der Waals surface area contributed by atoms with Gasteiger partial charge in [0.05, 0.1) is 0 Å². The first-order valence-electron chi connectivity index (χ1n) is 9.14. The molecule has 2 aromatic rings. The zero-order valence-electron chi connectivity index (χ0n) is 14.5. The lowest BCUT2D eigenvalue weighted by Gasteiger charge is -2.24. The second kappa shape index (κ2) is 6.89. The van der Waals surface area contributed by atoms with Crippen molar-refractivity contribution in [3.05, 3.63) is 53.6 Å². The van der Waals surface area contributed by atoms with Gasteiger partial charge in [0.25, 0.3) is 0 Å². The van der Waals surface area contributed by atoms with E-state index in [0.29, 0.717) is 5.92 Å². The maximum atomic E-state index is 4.63. The molecule has 0 aliphatic carbocycles. The van der Waals surface area contributed by atoms with Crippen LogP contribution in [0, 0.1) is 6.92 Å². The lowest BCUT2D eigenvalue weighted by Crippen LogP contribution is -2.24. The maximum absolute atomic E-state index is 4.63. The molecule has 1 unspecified atom stereocenters. The molecule has 24 heavy (non-hydrogen) atoms. The van der Waals surface area contributed by atoms with Crippen LogP contribution in [-0.2, 0) is 6.54 Å². The molecule has 126 valence electrons. The minimum atomic E-state index is 0.476. The molecule has 0 saturated carbocycles. The average molecular weight is 322 g/mol. The number of aromatic nitrogens is 2. The predicted molar refractivity (Wildman–Crippen MR) is 97.3 cm³/mol. The van der Waals surface area contributed by atoms with Crippen LogP contribution in [0.15, 0.2) is 36.5 Å². The first-order chi connectivity index (χ1) is 11.8. The first-order valence-corrected chi connectivity index (χ1v) is 9.14. The van der Waals surface area contributed by atoms with Crippen molar-refractivity contribution in [3.63, 3.8) is 0 Å². The van der Waals surface area contributed by atoms with Gasteiger partial charge in [-0.05, 0) is 50.4 Å². The zero-order chi connectivity index (χ0) is 16.4. The number of rotatable bonds is 4. The highest BCUT2D eigenvalue weighted by Gasteiger charge is 2.27. The molecule has 0 N–H and O–H groups in total. The topological polar surface area (TPSA) is 32.3 Å². The van der Waals surface area contributed by atoms with Crippen molar-refractivity contribution in [2.75, 3.05) is 31.1 Å². The lowest BCUT2D eigenvalue weighted by atomic mass is 10.1. The fraction of sp³-hybridized carbons (Fsp3) is 0.500. The van der Waals surface area contributed by atoms with Gasteiger partial charge in [0.1, 0.15) is 5.82 Å². The standard InChI is InChI=1S/C20H26N4/c1-16-8-10-21-20(22-16)18-9-13-23(15-18)14-17-6-2-3-7-19(17)24-11-4-5-12-24/h2-3,6-8,10,18H,4-5,9,11-15H2,1H3. The van der Waals surface area contributed by atoms with E-state index in [4.69, 9.17) is 0 Å². The number of anilines is 1. The Morgan fingerprint density at radius 1 is 1.08 bits per heavy atom. The summed E-state index contributed by atoms with van der Waals surface area (Å²) < 4.78 is 0. The number of hydrogen-bond acceptors (Lipinski definition) is 4. The predicted octanol–water partition coefficient (Wildman–Crippen LogP) is 3.37. The highest BCUT2D eigenvalue weighted by Crippen LogP contribution is 2.29. The van der Waals surface area contributed by atoms with Crippen LogP contribution in [0.1, 0.15) is 42.3 Å². The second-order valence-electron chi connectivity index (χ2n) is 7.10. The van der Waals surface area contributed by atoms with Crippen LogP contribution in [-0.4, -0.2) is 41.0 Å². The van der Waals surface area contributed by atoms with E-state index >= 15 is 0 Å². The molecule has 4 heteroatoms. The van der Waals surface area contributed by atoms with Gasteiger partial charge < -0.3 is 4.90 Å². The molecule has 0 amide bonds. The normalized spacial score (nSPS) is 21.5. The van der Waals surface area contributed by atoms with E-state index in [2.05, 4.69) is 44.0 Å². The third-order valence-electron chi connectivity index (χ3n) is 5.28. The minimum absolute atomic E-state index is 0.476. The van der Waals surface area contributed by atoms with Crippen molar-refractivity contribution < 1.29 is 0 Å². The number of nitrogens with zero attached hydrogens (tertiary/aromatic N) is 4.